The summed E-state index contributed by atoms with van der Waals surface area (Å²) in [6.07, 6.45) is 8.93. The van der Waals surface area contributed by atoms with Crippen molar-refractivity contribution < 1.29 is 38.1 Å². The second-order valence-corrected chi connectivity index (χ2v) is 34.4. The standard InChI is InChI=1S/C100H90N8O8/c1-97(2,3)61-25-41-73(42-26-61)113-81-53-77-85-78(94(110)107(93(77)109)71-37-33-69(34-38-71)105(57-65-21-13-17-49-101-65)58-66-22-14-18-50-102-66)55-83(115-75-45-29-63(30-46-75)99(7,8)9)89-90-84(116-76-47-31-64(32-48-76)100(10,11)12)56-80-86-79(54-82(88(92(86)90)87(81)91(85)89)114-74-43-27-62(28-44-74)98(4,5)6)95(111)108(96(80)112)72-39-35-70(36-40-72)106(59-67-23-15-19-51-103-67)60-68-24-16-20-52-104-68/h13-56,77,87H,57-60H2,1-12H3/t77-,87-/m0/s1. The van der Waals surface area contributed by atoms with Gasteiger partial charge in [-0.3, -0.25) is 39.1 Å². The Balaban J connectivity index is 0.916. The predicted molar refractivity (Wildman–Crippen MR) is 456 cm³/mol. The van der Waals surface area contributed by atoms with Gasteiger partial charge in [0, 0.05) is 69.2 Å². The number of fused-ring (bicyclic) bond motifs is 2. The fourth-order valence-electron chi connectivity index (χ4n) is 16.2. The molecule has 16 nitrogen and oxygen atoms in total. The molecule has 0 N–H and O–H groups in total. The smallest absolute Gasteiger partial charge is 0.266 e. The van der Waals surface area contributed by atoms with Crippen molar-refractivity contribution in [3.05, 3.63) is 352 Å². The zero-order valence-electron chi connectivity index (χ0n) is 67.2. The van der Waals surface area contributed by atoms with Crippen LogP contribution in [-0.4, -0.2) is 43.6 Å². The molecule has 0 spiro atoms. The number of allylic oxidation sites excluding steroid dienone is 1. The van der Waals surface area contributed by atoms with Crippen LogP contribution in [0.25, 0.3) is 21.9 Å². The van der Waals surface area contributed by atoms with Gasteiger partial charge in [-0.15, -0.1) is 0 Å². The summed E-state index contributed by atoms with van der Waals surface area (Å²) in [7, 11) is 0. The number of ether oxygens (including phenoxy) is 4. The molecular formula is C100H90N8O8. The van der Waals surface area contributed by atoms with Gasteiger partial charge in [0.2, 0.25) is 5.91 Å². The molecule has 0 fully saturated rings. The van der Waals surface area contributed by atoms with Crippen molar-refractivity contribution in [3.8, 4) is 51.4 Å². The van der Waals surface area contributed by atoms with Crippen molar-refractivity contribution in [3.63, 3.8) is 0 Å². The highest BCUT2D eigenvalue weighted by Gasteiger charge is 2.52. The molecule has 9 aromatic carbocycles. The van der Waals surface area contributed by atoms with E-state index in [2.05, 4.69) is 113 Å². The highest BCUT2D eigenvalue weighted by molar-refractivity contribution is 6.38. The third-order valence-electron chi connectivity index (χ3n) is 22.3. The molecule has 0 saturated heterocycles. The summed E-state index contributed by atoms with van der Waals surface area (Å²) in [5.74, 6) is -1.73. The lowest BCUT2D eigenvalue weighted by atomic mass is 9.65. The van der Waals surface area contributed by atoms with Crippen LogP contribution in [0.15, 0.2) is 273 Å². The number of aromatic nitrogens is 4. The monoisotopic (exact) mass is 1530 g/mol. The summed E-state index contributed by atoms with van der Waals surface area (Å²) in [4.78, 5) is 91.8. The van der Waals surface area contributed by atoms with E-state index >= 15 is 19.2 Å². The molecule has 0 saturated carbocycles. The van der Waals surface area contributed by atoms with Gasteiger partial charge in [-0.25, -0.2) is 9.80 Å². The average Bonchev–Trinajstić information content (AvgIpc) is 0.670. The Morgan fingerprint density at radius 2 is 0.672 bits per heavy atom. The molecule has 4 amide bonds. The van der Waals surface area contributed by atoms with Crippen molar-refractivity contribution in [2.75, 3.05) is 19.6 Å². The van der Waals surface area contributed by atoms with E-state index in [-0.39, 0.29) is 55.6 Å². The van der Waals surface area contributed by atoms with Crippen LogP contribution in [0.4, 0.5) is 22.7 Å². The summed E-state index contributed by atoms with van der Waals surface area (Å²) < 4.78 is 30.0. The summed E-state index contributed by atoms with van der Waals surface area (Å²) >= 11 is 0. The lowest BCUT2D eigenvalue weighted by Gasteiger charge is -2.43. The minimum atomic E-state index is -1.17. The molecule has 2 aliphatic heterocycles. The minimum Gasteiger partial charge on any atom is -0.461 e. The zero-order valence-corrected chi connectivity index (χ0v) is 67.2. The van der Waals surface area contributed by atoms with Crippen molar-refractivity contribution in [2.45, 2.75) is 143 Å². The van der Waals surface area contributed by atoms with E-state index in [1.165, 1.54) is 9.80 Å². The van der Waals surface area contributed by atoms with Crippen molar-refractivity contribution in [2.24, 2.45) is 0 Å². The molecule has 116 heavy (non-hydrogen) atoms. The van der Waals surface area contributed by atoms with Crippen LogP contribution in [0.1, 0.15) is 188 Å². The highest BCUT2D eigenvalue weighted by Crippen LogP contribution is 2.64. The van der Waals surface area contributed by atoms with Crippen LogP contribution < -0.4 is 38.5 Å². The third kappa shape index (κ3) is 14.5. The second-order valence-electron chi connectivity index (χ2n) is 34.4. The maximum absolute atomic E-state index is 16.6. The van der Waals surface area contributed by atoms with E-state index in [9.17, 15) is 0 Å². The topological polar surface area (TPSA) is 170 Å². The second kappa shape index (κ2) is 29.6. The van der Waals surface area contributed by atoms with Crippen molar-refractivity contribution in [1.29, 1.82) is 0 Å². The number of carbonyl (C=O) groups excluding carboxylic acids is 4. The van der Waals surface area contributed by atoms with Gasteiger partial charge < -0.3 is 28.7 Å². The van der Waals surface area contributed by atoms with Crippen LogP contribution in [0.5, 0.6) is 40.2 Å². The lowest BCUT2D eigenvalue weighted by Crippen LogP contribution is -2.46. The van der Waals surface area contributed by atoms with Crippen LogP contribution in [0.2, 0.25) is 0 Å². The number of hydrogen-bond acceptors (Lipinski definition) is 14. The number of carbonyl (C=O) groups is 4. The van der Waals surface area contributed by atoms with Crippen LogP contribution in [-0.2, 0) is 52.6 Å². The molecular weight excluding hydrogens is 1440 g/mol. The van der Waals surface area contributed by atoms with Crippen LogP contribution >= 0.6 is 0 Å². The summed E-state index contributed by atoms with van der Waals surface area (Å²) in [6.45, 7) is 27.6. The van der Waals surface area contributed by atoms with E-state index < -0.39 is 35.5 Å². The summed E-state index contributed by atoms with van der Waals surface area (Å²) in [6, 6.07) is 75.1. The van der Waals surface area contributed by atoms with Crippen molar-refractivity contribution in [1.82, 2.24) is 19.9 Å². The molecule has 16 heteroatoms. The van der Waals surface area contributed by atoms with Crippen LogP contribution in [0, 0.1) is 0 Å². The fourth-order valence-corrected chi connectivity index (χ4v) is 16.2. The molecule has 6 heterocycles. The molecule has 4 aliphatic rings. The molecule has 4 aromatic heterocycles. The minimum absolute atomic E-state index is 0.168. The first-order valence-corrected chi connectivity index (χ1v) is 39.5. The Bertz CT molecular complexity index is 5890. The Hall–Kier alpha value is -13.3. The van der Waals surface area contributed by atoms with Gasteiger partial charge in [-0.1, -0.05) is 156 Å². The summed E-state index contributed by atoms with van der Waals surface area (Å²) in [5, 5.41) is 0.775. The Labute approximate surface area is 676 Å². The predicted octanol–water partition coefficient (Wildman–Crippen LogP) is 22.6. The Kier molecular flexibility index (Phi) is 19.2. The molecule has 2 atom stereocenters. The molecule has 2 aliphatic carbocycles. The highest BCUT2D eigenvalue weighted by atomic mass is 16.5. The normalized spacial score (nSPS) is 14.9. The number of imide groups is 2. The number of pyridine rings is 4. The van der Waals surface area contributed by atoms with Gasteiger partial charge in [-0.2, -0.15) is 0 Å². The van der Waals surface area contributed by atoms with Crippen LogP contribution in [0.3, 0.4) is 0 Å². The first kappa shape index (κ1) is 75.4. The number of anilines is 4. The molecule has 578 valence electrons. The molecule has 17 rings (SSSR count). The SMILES string of the molecule is CC(C)(C)c1ccc(OC2=C[C@@H]3C(=O)N(c4ccc(N(Cc5ccccn5)Cc5ccccn5)cc4)C(=O)c4cc(Oc5ccc(C(C)(C)C)cc5)c5c(c43)[C@@H]2c2c(Oc3ccc(C(C)(C)C)cc3)cc3c4c(cc(Oc6ccc(C(C)(C)C)cc6)c-5c24)C(=O)N(c2ccc(N(Cc4ccccn4)Cc4ccccn4)cc2)C3=O)cc1. The van der Waals surface area contributed by atoms with E-state index in [0.717, 1.165) is 56.4 Å². The van der Waals surface area contributed by atoms with Gasteiger partial charge >= 0.3 is 0 Å². The largest absolute Gasteiger partial charge is 0.461 e. The number of amides is 4. The Morgan fingerprint density at radius 1 is 0.336 bits per heavy atom. The molecule has 0 bridgehead atoms. The van der Waals surface area contributed by atoms with E-state index in [4.69, 9.17) is 18.9 Å². The van der Waals surface area contributed by atoms with Gasteiger partial charge in [0.05, 0.1) is 83.3 Å². The number of rotatable bonds is 20. The van der Waals surface area contributed by atoms with E-state index in [0.29, 0.717) is 105 Å². The Morgan fingerprint density at radius 3 is 1.04 bits per heavy atom. The van der Waals surface area contributed by atoms with E-state index in [1.54, 1.807) is 55.1 Å². The lowest BCUT2D eigenvalue weighted by molar-refractivity contribution is -0.118. The summed E-state index contributed by atoms with van der Waals surface area (Å²) in [5.41, 5.74) is 11.9. The van der Waals surface area contributed by atoms with Gasteiger partial charge in [0.15, 0.2) is 0 Å². The average molecular weight is 1530 g/mol. The fraction of sp³-hybridized carbons (Fsp3) is 0.220. The van der Waals surface area contributed by atoms with Gasteiger partial charge in [0.25, 0.3) is 17.7 Å². The molecule has 13 aromatic rings. The maximum Gasteiger partial charge on any atom is 0.266 e. The quantitative estimate of drug-likeness (QED) is 0.0660. The van der Waals surface area contributed by atoms with E-state index in [1.807, 2.05) is 212 Å². The zero-order chi connectivity index (χ0) is 80.7. The number of hydrogen-bond donors (Lipinski definition) is 0. The van der Waals surface area contributed by atoms with Gasteiger partial charge in [0.1, 0.15) is 46.0 Å². The first-order chi connectivity index (χ1) is 55.7. The van der Waals surface area contributed by atoms with Crippen molar-refractivity contribution >= 4 is 57.2 Å². The van der Waals surface area contributed by atoms with Gasteiger partial charge in [-0.05, 0) is 225 Å². The maximum atomic E-state index is 16.6. The third-order valence-corrected chi connectivity index (χ3v) is 22.3. The first-order valence-electron chi connectivity index (χ1n) is 39.5. The molecule has 0 radical (unpaired) electrons. The number of benzene rings is 9. The number of nitrogens with zero attached hydrogens (tertiary/aromatic N) is 8. The molecule has 0 unspecified atom stereocenters.